The van der Waals surface area contributed by atoms with Crippen LogP contribution in [-0.2, 0) is 0 Å². The second-order valence-electron chi connectivity index (χ2n) is 5.83. The summed E-state index contributed by atoms with van der Waals surface area (Å²) in [7, 11) is 0. The van der Waals surface area contributed by atoms with E-state index in [0.717, 1.165) is 31.7 Å². The molecule has 19 heavy (non-hydrogen) atoms. The Kier molecular flexibility index (Phi) is 2.49. The molecule has 98 valence electrons. The Hall–Kier alpha value is -1.61. The first-order valence-corrected chi connectivity index (χ1v) is 7.10. The van der Waals surface area contributed by atoms with Gasteiger partial charge in [-0.25, -0.2) is 4.98 Å². The molecule has 0 spiro atoms. The average molecular weight is 254 g/mol. The number of rotatable bonds is 1. The third-order valence-electron chi connectivity index (χ3n) is 4.77. The van der Waals surface area contributed by atoms with Gasteiger partial charge in [0.1, 0.15) is 5.82 Å². The van der Waals surface area contributed by atoms with Crippen molar-refractivity contribution >= 4 is 16.6 Å². The Bertz CT molecular complexity index is 607. The van der Waals surface area contributed by atoms with E-state index in [4.69, 9.17) is 0 Å². The number of nitrogens with zero attached hydrogens (tertiary/aromatic N) is 2. The Morgan fingerprint density at radius 1 is 1.11 bits per heavy atom. The van der Waals surface area contributed by atoms with Crippen molar-refractivity contribution in [2.75, 3.05) is 18.0 Å². The zero-order valence-electron chi connectivity index (χ0n) is 10.9. The molecule has 0 radical (unpaired) electrons. The number of benzene rings is 1. The van der Waals surface area contributed by atoms with E-state index in [2.05, 4.69) is 40.2 Å². The highest BCUT2D eigenvalue weighted by atomic mass is 16.3. The van der Waals surface area contributed by atoms with Gasteiger partial charge >= 0.3 is 0 Å². The summed E-state index contributed by atoms with van der Waals surface area (Å²) >= 11 is 0. The zero-order valence-corrected chi connectivity index (χ0v) is 10.9. The molecule has 1 saturated heterocycles. The lowest BCUT2D eigenvalue weighted by Gasteiger charge is -2.21. The van der Waals surface area contributed by atoms with Gasteiger partial charge in [0.2, 0.25) is 0 Å². The van der Waals surface area contributed by atoms with Gasteiger partial charge in [0.15, 0.2) is 0 Å². The van der Waals surface area contributed by atoms with Gasteiger partial charge in [-0.1, -0.05) is 24.3 Å². The topological polar surface area (TPSA) is 36.4 Å². The number of fused-ring (bicyclic) bond motifs is 2. The van der Waals surface area contributed by atoms with Crippen molar-refractivity contribution in [3.8, 4) is 0 Å². The van der Waals surface area contributed by atoms with E-state index >= 15 is 0 Å². The molecule has 2 aliphatic rings. The Labute approximate surface area is 112 Å². The third kappa shape index (κ3) is 1.72. The highest BCUT2D eigenvalue weighted by Crippen LogP contribution is 2.40. The molecule has 0 bridgehead atoms. The monoisotopic (exact) mass is 254 g/mol. The zero-order chi connectivity index (χ0) is 12.8. The summed E-state index contributed by atoms with van der Waals surface area (Å²) in [4.78, 5) is 6.95. The summed E-state index contributed by atoms with van der Waals surface area (Å²) in [5, 5.41) is 12.5. The average Bonchev–Trinajstić information content (AvgIpc) is 3.01. The Balaban J connectivity index is 1.72. The van der Waals surface area contributed by atoms with Crippen LogP contribution in [0.3, 0.4) is 0 Å². The maximum Gasteiger partial charge on any atom is 0.136 e. The van der Waals surface area contributed by atoms with Crippen LogP contribution in [0.15, 0.2) is 36.5 Å². The lowest BCUT2D eigenvalue weighted by molar-refractivity contribution is 0.133. The first-order chi connectivity index (χ1) is 9.33. The fraction of sp³-hybridized carbons (Fsp3) is 0.438. The van der Waals surface area contributed by atoms with Gasteiger partial charge in [0.25, 0.3) is 0 Å². The fourth-order valence-electron chi connectivity index (χ4n) is 3.77. The minimum absolute atomic E-state index is 0.107. The van der Waals surface area contributed by atoms with E-state index in [-0.39, 0.29) is 6.10 Å². The van der Waals surface area contributed by atoms with Crippen LogP contribution >= 0.6 is 0 Å². The van der Waals surface area contributed by atoms with Gasteiger partial charge in [-0.05, 0) is 30.2 Å². The number of aliphatic hydroxyl groups is 1. The second-order valence-corrected chi connectivity index (χ2v) is 5.83. The largest absolute Gasteiger partial charge is 0.393 e. The van der Waals surface area contributed by atoms with E-state index < -0.39 is 0 Å². The molecule has 2 fully saturated rings. The molecule has 1 aliphatic carbocycles. The first-order valence-electron chi connectivity index (χ1n) is 7.10. The predicted molar refractivity (Wildman–Crippen MR) is 76.2 cm³/mol. The van der Waals surface area contributed by atoms with E-state index in [1.807, 2.05) is 6.20 Å². The molecule has 3 heteroatoms. The molecule has 2 aromatic rings. The smallest absolute Gasteiger partial charge is 0.136 e. The fourth-order valence-corrected chi connectivity index (χ4v) is 3.77. The number of anilines is 1. The van der Waals surface area contributed by atoms with Gasteiger partial charge < -0.3 is 10.0 Å². The summed E-state index contributed by atoms with van der Waals surface area (Å²) in [5.41, 5.74) is 0. The van der Waals surface area contributed by atoms with Gasteiger partial charge in [-0.2, -0.15) is 0 Å². The Morgan fingerprint density at radius 2 is 2.00 bits per heavy atom. The molecule has 3 atom stereocenters. The summed E-state index contributed by atoms with van der Waals surface area (Å²) in [6.07, 6.45) is 3.92. The van der Waals surface area contributed by atoms with Crippen LogP contribution in [0.25, 0.3) is 10.8 Å². The van der Waals surface area contributed by atoms with Crippen molar-refractivity contribution in [3.05, 3.63) is 36.5 Å². The number of hydrogen-bond donors (Lipinski definition) is 1. The van der Waals surface area contributed by atoms with Crippen LogP contribution in [0.4, 0.5) is 5.82 Å². The van der Waals surface area contributed by atoms with Gasteiger partial charge in [0, 0.05) is 30.6 Å². The lowest BCUT2D eigenvalue weighted by atomic mass is 10.00. The van der Waals surface area contributed by atoms with Gasteiger partial charge in [0.05, 0.1) is 6.10 Å². The highest BCUT2D eigenvalue weighted by Gasteiger charge is 2.42. The van der Waals surface area contributed by atoms with E-state index in [9.17, 15) is 5.11 Å². The highest BCUT2D eigenvalue weighted by molar-refractivity contribution is 5.92. The van der Waals surface area contributed by atoms with Crippen molar-refractivity contribution in [2.45, 2.75) is 18.9 Å². The molecule has 0 amide bonds. The molecule has 4 rings (SSSR count). The molecule has 2 heterocycles. The molecule has 1 aliphatic heterocycles. The number of pyridine rings is 1. The first kappa shape index (κ1) is 11.2. The minimum Gasteiger partial charge on any atom is -0.393 e. The Morgan fingerprint density at radius 3 is 2.89 bits per heavy atom. The van der Waals surface area contributed by atoms with Crippen LogP contribution < -0.4 is 4.90 Å². The molecule has 1 saturated carbocycles. The van der Waals surface area contributed by atoms with Crippen molar-refractivity contribution < 1.29 is 5.11 Å². The van der Waals surface area contributed by atoms with Crippen LogP contribution in [0.2, 0.25) is 0 Å². The quantitative estimate of drug-likeness (QED) is 0.849. The molecule has 3 unspecified atom stereocenters. The number of aliphatic hydroxyl groups excluding tert-OH is 1. The van der Waals surface area contributed by atoms with E-state index in [1.54, 1.807) is 0 Å². The molecular formula is C16H18N2O. The summed E-state index contributed by atoms with van der Waals surface area (Å²) in [5.74, 6) is 2.18. The van der Waals surface area contributed by atoms with Crippen molar-refractivity contribution in [1.29, 1.82) is 0 Å². The summed E-state index contributed by atoms with van der Waals surface area (Å²) in [6, 6.07) is 10.5. The number of hydrogen-bond acceptors (Lipinski definition) is 3. The molecule has 3 nitrogen and oxygen atoms in total. The summed E-state index contributed by atoms with van der Waals surface area (Å²) in [6.45, 7) is 2.00. The molecule has 1 N–H and O–H groups in total. The molecule has 1 aromatic heterocycles. The van der Waals surface area contributed by atoms with Crippen LogP contribution in [0.5, 0.6) is 0 Å². The molecular weight excluding hydrogens is 236 g/mol. The molecule has 1 aromatic carbocycles. The maximum absolute atomic E-state index is 10.0. The normalized spacial score (nSPS) is 29.9. The van der Waals surface area contributed by atoms with E-state index in [0.29, 0.717) is 11.8 Å². The lowest BCUT2D eigenvalue weighted by Crippen LogP contribution is -2.25. The van der Waals surface area contributed by atoms with Crippen molar-refractivity contribution in [2.24, 2.45) is 11.8 Å². The third-order valence-corrected chi connectivity index (χ3v) is 4.77. The standard InChI is InChI=1S/C16H18N2O/c19-15-6-5-12-9-18(10-14(12)15)16-13-4-2-1-3-11(13)7-8-17-16/h1-4,7-8,12,14-15,19H,5-6,9-10H2. The van der Waals surface area contributed by atoms with Crippen LogP contribution in [-0.4, -0.2) is 29.3 Å². The summed E-state index contributed by atoms with van der Waals surface area (Å²) < 4.78 is 0. The van der Waals surface area contributed by atoms with Crippen molar-refractivity contribution in [3.63, 3.8) is 0 Å². The second kappa shape index (κ2) is 4.20. The van der Waals surface area contributed by atoms with E-state index in [1.165, 1.54) is 10.8 Å². The van der Waals surface area contributed by atoms with Gasteiger partial charge in [-0.3, -0.25) is 0 Å². The predicted octanol–water partition coefficient (Wildman–Crippen LogP) is 2.44. The van der Waals surface area contributed by atoms with Crippen LogP contribution in [0.1, 0.15) is 12.8 Å². The van der Waals surface area contributed by atoms with Gasteiger partial charge in [-0.15, -0.1) is 0 Å². The SMILES string of the molecule is OC1CCC2CN(c3nccc4ccccc34)CC12. The van der Waals surface area contributed by atoms with Crippen LogP contribution in [0, 0.1) is 11.8 Å². The maximum atomic E-state index is 10.0. The minimum atomic E-state index is -0.107. The van der Waals surface area contributed by atoms with Crippen molar-refractivity contribution in [1.82, 2.24) is 4.98 Å². The number of aromatic nitrogens is 1.